The Bertz CT molecular complexity index is 322. The molecule has 19 heavy (non-hydrogen) atoms. The van der Waals surface area contributed by atoms with Gasteiger partial charge in [0, 0.05) is 13.0 Å². The molecule has 0 aromatic carbocycles. The van der Waals surface area contributed by atoms with Crippen molar-refractivity contribution in [3.63, 3.8) is 0 Å². The van der Waals surface area contributed by atoms with Crippen molar-refractivity contribution in [1.82, 2.24) is 5.32 Å². The van der Waals surface area contributed by atoms with Crippen LogP contribution in [0, 0.1) is 5.92 Å². The van der Waals surface area contributed by atoms with E-state index < -0.39 is 5.60 Å². The van der Waals surface area contributed by atoms with Gasteiger partial charge < -0.3 is 14.8 Å². The second-order valence-corrected chi connectivity index (χ2v) is 6.15. The van der Waals surface area contributed by atoms with Crippen LogP contribution in [0.4, 0.5) is 4.79 Å². The third-order valence-electron chi connectivity index (χ3n) is 3.09. The van der Waals surface area contributed by atoms with E-state index in [2.05, 4.69) is 5.32 Å². The van der Waals surface area contributed by atoms with Crippen molar-refractivity contribution in [2.24, 2.45) is 5.92 Å². The quantitative estimate of drug-likeness (QED) is 0.798. The van der Waals surface area contributed by atoms with Gasteiger partial charge in [-0.15, -0.1) is 0 Å². The van der Waals surface area contributed by atoms with Crippen LogP contribution in [-0.4, -0.2) is 30.3 Å². The SMILES string of the molecule is CC(=O)OCCC1CCC(NC(=O)OC(C)(C)C)C1. The molecule has 0 bridgehead atoms. The van der Waals surface area contributed by atoms with Gasteiger partial charge in [0.2, 0.25) is 0 Å². The van der Waals surface area contributed by atoms with Gasteiger partial charge in [-0.25, -0.2) is 4.79 Å². The smallest absolute Gasteiger partial charge is 0.407 e. The Balaban J connectivity index is 2.21. The molecule has 1 saturated carbocycles. The fraction of sp³-hybridized carbons (Fsp3) is 0.857. The van der Waals surface area contributed by atoms with Crippen molar-refractivity contribution in [2.45, 2.75) is 65.0 Å². The van der Waals surface area contributed by atoms with Gasteiger partial charge in [-0.2, -0.15) is 0 Å². The van der Waals surface area contributed by atoms with Crippen molar-refractivity contribution in [1.29, 1.82) is 0 Å². The molecule has 0 aliphatic heterocycles. The topological polar surface area (TPSA) is 64.6 Å². The Kier molecular flexibility index (Phi) is 5.63. The van der Waals surface area contributed by atoms with E-state index in [4.69, 9.17) is 9.47 Å². The number of esters is 1. The minimum atomic E-state index is -0.461. The van der Waals surface area contributed by atoms with E-state index in [9.17, 15) is 9.59 Å². The first-order chi connectivity index (χ1) is 8.76. The first kappa shape index (κ1) is 15.8. The first-order valence-corrected chi connectivity index (χ1v) is 6.89. The number of ether oxygens (including phenoxy) is 2. The molecule has 0 saturated heterocycles. The van der Waals surface area contributed by atoms with E-state index in [1.54, 1.807) is 0 Å². The molecule has 0 heterocycles. The van der Waals surface area contributed by atoms with Crippen LogP contribution in [-0.2, 0) is 14.3 Å². The van der Waals surface area contributed by atoms with E-state index in [1.165, 1.54) is 6.92 Å². The first-order valence-electron chi connectivity index (χ1n) is 6.89. The molecule has 2 unspecified atom stereocenters. The Hall–Kier alpha value is -1.26. The second-order valence-electron chi connectivity index (χ2n) is 6.15. The number of alkyl carbamates (subject to hydrolysis) is 1. The molecule has 0 aromatic heterocycles. The minimum absolute atomic E-state index is 0.178. The summed E-state index contributed by atoms with van der Waals surface area (Å²) in [5.41, 5.74) is -0.461. The van der Waals surface area contributed by atoms with Crippen LogP contribution in [0.15, 0.2) is 0 Å². The molecule has 1 aliphatic rings. The number of hydrogen-bond acceptors (Lipinski definition) is 4. The van der Waals surface area contributed by atoms with Crippen LogP contribution in [0.25, 0.3) is 0 Å². The number of nitrogens with one attached hydrogen (secondary N) is 1. The highest BCUT2D eigenvalue weighted by Crippen LogP contribution is 2.28. The van der Waals surface area contributed by atoms with E-state index >= 15 is 0 Å². The van der Waals surface area contributed by atoms with Gasteiger partial charge in [-0.3, -0.25) is 4.79 Å². The maximum absolute atomic E-state index is 11.6. The summed E-state index contributed by atoms with van der Waals surface area (Å²) in [5.74, 6) is 0.278. The molecular formula is C14H25NO4. The van der Waals surface area contributed by atoms with E-state index in [1.807, 2.05) is 20.8 Å². The number of carbonyl (C=O) groups excluding carboxylic acids is 2. The number of rotatable bonds is 4. The van der Waals surface area contributed by atoms with Gasteiger partial charge >= 0.3 is 12.1 Å². The lowest BCUT2D eigenvalue weighted by molar-refractivity contribution is -0.141. The summed E-state index contributed by atoms with van der Waals surface area (Å²) in [6.45, 7) is 7.44. The molecule has 1 fully saturated rings. The zero-order valence-electron chi connectivity index (χ0n) is 12.3. The molecule has 1 N–H and O–H groups in total. The van der Waals surface area contributed by atoms with Crippen LogP contribution in [0.3, 0.4) is 0 Å². The van der Waals surface area contributed by atoms with Gasteiger partial charge in [-0.1, -0.05) is 0 Å². The fourth-order valence-corrected chi connectivity index (χ4v) is 2.31. The van der Waals surface area contributed by atoms with Crippen LogP contribution < -0.4 is 5.32 Å². The molecular weight excluding hydrogens is 246 g/mol. The van der Waals surface area contributed by atoms with Crippen molar-refractivity contribution >= 4 is 12.1 Å². The minimum Gasteiger partial charge on any atom is -0.466 e. The Labute approximate surface area is 115 Å². The molecule has 1 rings (SSSR count). The highest BCUT2D eigenvalue weighted by molar-refractivity contribution is 5.68. The Morgan fingerprint density at radius 3 is 2.53 bits per heavy atom. The molecule has 5 nitrogen and oxygen atoms in total. The van der Waals surface area contributed by atoms with Crippen LogP contribution in [0.1, 0.15) is 53.4 Å². The van der Waals surface area contributed by atoms with Gasteiger partial charge in [-0.05, 0) is 52.4 Å². The zero-order chi connectivity index (χ0) is 14.5. The molecule has 1 aliphatic carbocycles. The van der Waals surface area contributed by atoms with Gasteiger partial charge in [0.25, 0.3) is 0 Å². The lowest BCUT2D eigenvalue weighted by Gasteiger charge is -2.21. The highest BCUT2D eigenvalue weighted by atomic mass is 16.6. The van der Waals surface area contributed by atoms with E-state index in [-0.39, 0.29) is 18.1 Å². The summed E-state index contributed by atoms with van der Waals surface area (Å²) < 4.78 is 10.2. The summed E-state index contributed by atoms with van der Waals surface area (Å²) in [4.78, 5) is 22.3. The summed E-state index contributed by atoms with van der Waals surface area (Å²) in [7, 11) is 0. The average molecular weight is 271 g/mol. The molecule has 0 radical (unpaired) electrons. The third-order valence-corrected chi connectivity index (χ3v) is 3.09. The van der Waals surface area contributed by atoms with Gasteiger partial charge in [0.1, 0.15) is 5.60 Å². The standard InChI is InChI=1S/C14H25NO4/c1-10(16)18-8-7-11-5-6-12(9-11)15-13(17)19-14(2,3)4/h11-12H,5-9H2,1-4H3,(H,15,17). The van der Waals surface area contributed by atoms with Crippen LogP contribution in [0.2, 0.25) is 0 Å². The van der Waals surface area contributed by atoms with Crippen molar-refractivity contribution in [2.75, 3.05) is 6.61 Å². The van der Waals surface area contributed by atoms with Crippen molar-refractivity contribution in [3.05, 3.63) is 0 Å². The van der Waals surface area contributed by atoms with E-state index in [0.717, 1.165) is 25.7 Å². The van der Waals surface area contributed by atoms with Crippen LogP contribution in [0.5, 0.6) is 0 Å². The monoisotopic (exact) mass is 271 g/mol. The highest BCUT2D eigenvalue weighted by Gasteiger charge is 2.27. The zero-order valence-corrected chi connectivity index (χ0v) is 12.3. The second kappa shape index (κ2) is 6.78. The lowest BCUT2D eigenvalue weighted by Crippen LogP contribution is -2.37. The summed E-state index contributed by atoms with van der Waals surface area (Å²) >= 11 is 0. The van der Waals surface area contributed by atoms with Crippen molar-refractivity contribution in [3.8, 4) is 0 Å². The largest absolute Gasteiger partial charge is 0.466 e. The molecule has 110 valence electrons. The maximum Gasteiger partial charge on any atom is 0.407 e. The molecule has 5 heteroatoms. The average Bonchev–Trinajstić information content (AvgIpc) is 2.61. The molecule has 0 aromatic rings. The predicted octanol–water partition coefficient (Wildman–Crippen LogP) is 2.63. The number of carbonyl (C=O) groups is 2. The number of amides is 1. The van der Waals surface area contributed by atoms with E-state index in [0.29, 0.717) is 12.5 Å². The Morgan fingerprint density at radius 1 is 1.26 bits per heavy atom. The van der Waals surface area contributed by atoms with Gasteiger partial charge in [0.15, 0.2) is 0 Å². The molecule has 2 atom stereocenters. The summed E-state index contributed by atoms with van der Waals surface area (Å²) in [6, 6.07) is 0.178. The lowest BCUT2D eigenvalue weighted by atomic mass is 10.0. The number of hydrogen-bond donors (Lipinski definition) is 1. The normalized spacial score (nSPS) is 22.9. The summed E-state index contributed by atoms with van der Waals surface area (Å²) in [6.07, 6.45) is 3.47. The molecule has 0 spiro atoms. The Morgan fingerprint density at radius 2 is 1.95 bits per heavy atom. The predicted molar refractivity (Wildman–Crippen MR) is 71.7 cm³/mol. The van der Waals surface area contributed by atoms with Crippen LogP contribution >= 0.6 is 0 Å². The van der Waals surface area contributed by atoms with Gasteiger partial charge in [0.05, 0.1) is 6.61 Å². The summed E-state index contributed by atoms with van der Waals surface area (Å²) in [5, 5.41) is 2.90. The third kappa shape index (κ3) is 7.03. The molecule has 1 amide bonds. The van der Waals surface area contributed by atoms with Crippen molar-refractivity contribution < 1.29 is 19.1 Å². The fourth-order valence-electron chi connectivity index (χ4n) is 2.31. The maximum atomic E-state index is 11.6.